The van der Waals surface area contributed by atoms with E-state index in [1.54, 1.807) is 12.3 Å². The van der Waals surface area contributed by atoms with E-state index in [0.717, 1.165) is 29.5 Å². The summed E-state index contributed by atoms with van der Waals surface area (Å²) in [6.45, 7) is 6.09. The third kappa shape index (κ3) is 13.9. The summed E-state index contributed by atoms with van der Waals surface area (Å²) in [5.74, 6) is -7.74. The van der Waals surface area contributed by atoms with Crippen LogP contribution in [0.5, 0.6) is 0 Å². The highest BCUT2D eigenvalue weighted by atomic mass is 19.1. The van der Waals surface area contributed by atoms with E-state index >= 15 is 0 Å². The quantitative estimate of drug-likeness (QED) is 0.0739. The van der Waals surface area contributed by atoms with Gasteiger partial charge in [-0.15, -0.1) is 0 Å². The molecule has 4 atom stereocenters. The smallest absolute Gasteiger partial charge is 0.326 e. The lowest BCUT2D eigenvalue weighted by atomic mass is 9.84. The van der Waals surface area contributed by atoms with Gasteiger partial charge in [-0.25, -0.2) is 13.6 Å². The molecule has 0 unspecified atom stereocenters. The van der Waals surface area contributed by atoms with Crippen molar-refractivity contribution in [2.75, 3.05) is 13.1 Å². The molecule has 3 rings (SSSR count). The largest absolute Gasteiger partial charge is 0.481 e. The summed E-state index contributed by atoms with van der Waals surface area (Å²) in [7, 11) is 0. The van der Waals surface area contributed by atoms with Gasteiger partial charge in [0, 0.05) is 48.9 Å². The highest BCUT2D eigenvalue weighted by molar-refractivity contribution is 5.87. The minimum atomic E-state index is -1.53. The van der Waals surface area contributed by atoms with Crippen LogP contribution in [-0.2, 0) is 35.3 Å². The first kappa shape index (κ1) is 43.7. The number of nitrogens with two attached hydrogens (primary N) is 1. The van der Waals surface area contributed by atoms with Crippen LogP contribution < -0.4 is 27.0 Å². The molecule has 55 heavy (non-hydrogen) atoms. The summed E-state index contributed by atoms with van der Waals surface area (Å²) in [5.41, 5.74) is 6.93. The fraction of sp³-hybridized carbons (Fsp3) is 0.421. The number of primary amides is 1. The minimum Gasteiger partial charge on any atom is -0.481 e. The number of hydrogen-bond acceptors (Lipinski definition) is 8. The van der Waals surface area contributed by atoms with E-state index in [0.29, 0.717) is 12.1 Å². The zero-order valence-corrected chi connectivity index (χ0v) is 30.8. The van der Waals surface area contributed by atoms with E-state index in [4.69, 9.17) is 10.8 Å². The van der Waals surface area contributed by atoms with Crippen molar-refractivity contribution in [2.45, 2.75) is 83.6 Å². The van der Waals surface area contributed by atoms with Crippen LogP contribution in [0.4, 0.5) is 8.78 Å². The normalized spacial score (nSPS) is 13.6. The van der Waals surface area contributed by atoms with Crippen LogP contribution in [0.3, 0.4) is 0 Å². The Hall–Kier alpha value is -5.68. The van der Waals surface area contributed by atoms with Gasteiger partial charge in [-0.2, -0.15) is 0 Å². The molecule has 1 aromatic heterocycles. The molecule has 298 valence electrons. The van der Waals surface area contributed by atoms with Gasteiger partial charge in [0.2, 0.25) is 17.7 Å². The number of aromatic nitrogens is 1. The molecule has 15 nitrogen and oxygen atoms in total. The summed E-state index contributed by atoms with van der Waals surface area (Å²) in [6.07, 6.45) is -0.148. The summed E-state index contributed by atoms with van der Waals surface area (Å²) in [5, 5.41) is 38.7. The first-order chi connectivity index (χ1) is 25.8. The van der Waals surface area contributed by atoms with Gasteiger partial charge in [-0.3, -0.25) is 29.3 Å². The fourth-order valence-corrected chi connectivity index (χ4v) is 5.95. The van der Waals surface area contributed by atoms with Gasteiger partial charge in [-0.05, 0) is 54.6 Å². The van der Waals surface area contributed by atoms with Crippen molar-refractivity contribution in [3.05, 3.63) is 83.7 Å². The maximum absolute atomic E-state index is 15.0. The van der Waals surface area contributed by atoms with Crippen LogP contribution in [0, 0.1) is 17.0 Å². The SMILES string of the molecule is CC(C)(C)[C@@H](NCC[C@H](N[C@@H](CC(N)=O)C(=O)O)C(=O)NCCC(=O)N[C@H](CCC(=O)O)C(=O)O)c1cc(-c2cc(F)ccc2F)cn1Cc1ccccc1. The lowest BCUT2D eigenvalue weighted by Crippen LogP contribution is -2.53. The molecule has 0 radical (unpaired) electrons. The number of hydrogen-bond donors (Lipinski definition) is 8. The molecule has 2 aromatic carbocycles. The summed E-state index contributed by atoms with van der Waals surface area (Å²) >= 11 is 0. The molecule has 0 aliphatic carbocycles. The van der Waals surface area contributed by atoms with Crippen molar-refractivity contribution in [2.24, 2.45) is 11.1 Å². The monoisotopic (exact) mass is 770 g/mol. The van der Waals surface area contributed by atoms with Crippen molar-refractivity contribution in [3.63, 3.8) is 0 Å². The number of carbonyl (C=O) groups excluding carboxylic acids is 3. The van der Waals surface area contributed by atoms with Crippen molar-refractivity contribution in [3.8, 4) is 11.1 Å². The van der Waals surface area contributed by atoms with E-state index < -0.39 is 89.7 Å². The number of halogens is 2. The molecule has 0 spiro atoms. The highest BCUT2D eigenvalue weighted by Crippen LogP contribution is 2.37. The van der Waals surface area contributed by atoms with Crippen molar-refractivity contribution >= 4 is 35.6 Å². The lowest BCUT2D eigenvalue weighted by Gasteiger charge is -2.33. The zero-order chi connectivity index (χ0) is 40.9. The fourth-order valence-electron chi connectivity index (χ4n) is 5.95. The number of amides is 3. The van der Waals surface area contributed by atoms with Gasteiger partial charge < -0.3 is 41.6 Å². The Labute approximate surface area is 316 Å². The third-order valence-electron chi connectivity index (χ3n) is 8.66. The Kier molecular flexibility index (Phi) is 16.0. The average molecular weight is 771 g/mol. The van der Waals surface area contributed by atoms with E-state index in [9.17, 15) is 47.8 Å². The van der Waals surface area contributed by atoms with Crippen molar-refractivity contribution in [1.82, 2.24) is 25.8 Å². The van der Waals surface area contributed by atoms with Crippen molar-refractivity contribution in [1.29, 1.82) is 0 Å². The predicted octanol–water partition coefficient (Wildman–Crippen LogP) is 2.78. The molecule has 0 aliphatic rings. The van der Waals surface area contributed by atoms with E-state index in [-0.39, 0.29) is 37.9 Å². The van der Waals surface area contributed by atoms with Gasteiger partial charge >= 0.3 is 17.9 Å². The van der Waals surface area contributed by atoms with Gasteiger partial charge in [0.25, 0.3) is 0 Å². The Morgan fingerprint density at radius 2 is 1.51 bits per heavy atom. The molecule has 0 saturated heterocycles. The Balaban J connectivity index is 1.85. The predicted molar refractivity (Wildman–Crippen MR) is 196 cm³/mol. The Morgan fingerprint density at radius 1 is 0.836 bits per heavy atom. The first-order valence-electron chi connectivity index (χ1n) is 17.6. The van der Waals surface area contributed by atoms with Crippen LogP contribution in [0.15, 0.2) is 60.8 Å². The molecule has 3 aromatic rings. The third-order valence-corrected chi connectivity index (χ3v) is 8.66. The minimum absolute atomic E-state index is 0.0335. The summed E-state index contributed by atoms with van der Waals surface area (Å²) in [4.78, 5) is 71.8. The lowest BCUT2D eigenvalue weighted by molar-refractivity contribution is -0.143. The molecule has 3 amide bonds. The molecule has 0 saturated carbocycles. The number of carboxylic acids is 3. The van der Waals surface area contributed by atoms with Gasteiger partial charge in [0.1, 0.15) is 23.7 Å². The second-order valence-electron chi connectivity index (χ2n) is 14.1. The maximum Gasteiger partial charge on any atom is 0.326 e. The number of aliphatic carboxylic acids is 3. The van der Waals surface area contributed by atoms with E-state index in [2.05, 4.69) is 21.3 Å². The molecule has 0 bridgehead atoms. The molecule has 0 aliphatic heterocycles. The van der Waals surface area contributed by atoms with Crippen LogP contribution >= 0.6 is 0 Å². The average Bonchev–Trinajstić information content (AvgIpc) is 3.50. The summed E-state index contributed by atoms with van der Waals surface area (Å²) in [6, 6.07) is 9.79. The van der Waals surface area contributed by atoms with Crippen LogP contribution in [-0.4, -0.2) is 86.7 Å². The van der Waals surface area contributed by atoms with Crippen LogP contribution in [0.1, 0.15) is 70.2 Å². The number of nitrogens with one attached hydrogen (secondary N) is 4. The molecular formula is C38H48F2N6O9. The second kappa shape index (κ2) is 20.1. The van der Waals surface area contributed by atoms with Gasteiger partial charge in [0.05, 0.1) is 18.5 Å². The molecule has 17 heteroatoms. The number of rotatable bonds is 22. The second-order valence-corrected chi connectivity index (χ2v) is 14.1. The standard InChI is InChI=1S/C38H48F2N6O9/c1-38(2,3)34(30-17-23(25-18-24(39)9-10-26(25)40)21-46(30)20-22-7-5-4-6-8-22)42-15-13-27(44-29(37(54)55)19-31(41)47)35(51)43-16-14-32(48)45-28(36(52)53)11-12-33(49)50/h4-10,17-18,21,27-29,34,42,44H,11-16,19-20H2,1-3H3,(H2,41,47)(H,43,51)(H,45,48)(H,49,50)(H,52,53)(H,54,55)/t27-,28+,29-,34-/m0/s1. The Bertz CT molecular complexity index is 1830. The van der Waals surface area contributed by atoms with Crippen LogP contribution in [0.2, 0.25) is 0 Å². The highest BCUT2D eigenvalue weighted by Gasteiger charge is 2.32. The van der Waals surface area contributed by atoms with Gasteiger partial charge in [-0.1, -0.05) is 51.1 Å². The van der Waals surface area contributed by atoms with Crippen molar-refractivity contribution < 1.29 is 52.9 Å². The molecule has 0 fully saturated rings. The number of carboxylic acid groups (broad SMARTS) is 3. The number of benzene rings is 2. The van der Waals surface area contributed by atoms with Gasteiger partial charge in [0.15, 0.2) is 0 Å². The first-order valence-corrected chi connectivity index (χ1v) is 17.6. The van der Waals surface area contributed by atoms with Crippen LogP contribution in [0.25, 0.3) is 11.1 Å². The van der Waals surface area contributed by atoms with E-state index in [1.165, 1.54) is 0 Å². The Morgan fingerprint density at radius 3 is 2.11 bits per heavy atom. The molecular weight excluding hydrogens is 722 g/mol. The number of nitrogens with zero attached hydrogens (tertiary/aromatic N) is 1. The molecule has 1 heterocycles. The topological polar surface area (TPSA) is 242 Å². The summed E-state index contributed by atoms with van der Waals surface area (Å²) < 4.78 is 31.2. The zero-order valence-electron chi connectivity index (χ0n) is 30.8. The number of carbonyl (C=O) groups is 6. The van der Waals surface area contributed by atoms with E-state index in [1.807, 2.05) is 55.7 Å². The maximum atomic E-state index is 15.0. The molecule has 9 N–H and O–H groups in total.